The molecular weight excluding hydrogens is 454 g/mol. The molecule has 0 bridgehead atoms. The Kier molecular flexibility index (Phi) is 6.38. The van der Waals surface area contributed by atoms with Gasteiger partial charge in [0.1, 0.15) is 5.82 Å². The fourth-order valence-electron chi connectivity index (χ4n) is 4.05. The van der Waals surface area contributed by atoms with Gasteiger partial charge >= 0.3 is 0 Å². The van der Waals surface area contributed by atoms with Crippen LogP contribution in [0.5, 0.6) is 0 Å². The van der Waals surface area contributed by atoms with Crippen LogP contribution in [0.2, 0.25) is 0 Å². The molecule has 0 aromatic rings. The van der Waals surface area contributed by atoms with Gasteiger partial charge in [-0.25, -0.2) is 8.42 Å². The number of nitrogens with one attached hydrogen (secondary N) is 1. The van der Waals surface area contributed by atoms with E-state index in [2.05, 4.69) is 35.1 Å². The maximum Gasteiger partial charge on any atom is 0.259 e. The summed E-state index contributed by atoms with van der Waals surface area (Å²) in [5, 5.41) is 9.90. The van der Waals surface area contributed by atoms with Crippen molar-refractivity contribution in [2.75, 3.05) is 6.54 Å². The molecule has 0 aromatic heterocycles. The number of rotatable bonds is 5. The fourth-order valence-corrected chi connectivity index (χ4v) is 5.47. The third kappa shape index (κ3) is 4.85. The largest absolute Gasteiger partial charge is 0.322 e. The average molecular weight is 480 g/mol. The molecule has 0 amide bonds. The van der Waals surface area contributed by atoms with E-state index in [1.165, 1.54) is 0 Å². The van der Waals surface area contributed by atoms with E-state index in [4.69, 9.17) is 11.6 Å². The number of fused-ring (bicyclic) bond motifs is 1. The Morgan fingerprint density at radius 3 is 2.64 bits per heavy atom. The molecule has 33 heavy (non-hydrogen) atoms. The zero-order valence-corrected chi connectivity index (χ0v) is 20.2. The summed E-state index contributed by atoms with van der Waals surface area (Å²) in [6.45, 7) is 4.19. The van der Waals surface area contributed by atoms with Crippen LogP contribution < -0.4 is 4.72 Å². The molecule has 4 rings (SSSR count). The molecule has 0 aromatic carbocycles. The van der Waals surface area contributed by atoms with Gasteiger partial charge in [0.25, 0.3) is 10.0 Å². The number of allylic oxidation sites excluding steroid dienone is 15. The average Bonchev–Trinajstić information content (AvgIpc) is 3.10. The highest BCUT2D eigenvalue weighted by molar-refractivity contribution is 7.93. The van der Waals surface area contributed by atoms with Gasteiger partial charge in [0.05, 0.1) is 27.1 Å². The molecule has 2 aliphatic carbocycles. The van der Waals surface area contributed by atoms with E-state index in [9.17, 15) is 13.7 Å². The van der Waals surface area contributed by atoms with Crippen molar-refractivity contribution in [1.82, 2.24) is 9.62 Å². The lowest BCUT2D eigenvalue weighted by Gasteiger charge is -2.34. The summed E-state index contributed by atoms with van der Waals surface area (Å²) in [4.78, 5) is 2.17. The fraction of sp³-hybridized carbons (Fsp3) is 0.269. The van der Waals surface area contributed by atoms with Crippen LogP contribution in [0.1, 0.15) is 33.1 Å². The highest BCUT2D eigenvalue weighted by atomic mass is 35.5. The van der Waals surface area contributed by atoms with Gasteiger partial charge in [-0.3, -0.25) is 4.72 Å². The zero-order chi connectivity index (χ0) is 23.6. The summed E-state index contributed by atoms with van der Waals surface area (Å²) in [6, 6.07) is 2.28. The molecule has 0 saturated heterocycles. The molecule has 4 aliphatic rings. The highest BCUT2D eigenvalue weighted by Crippen LogP contribution is 2.36. The van der Waals surface area contributed by atoms with E-state index in [-0.39, 0.29) is 0 Å². The van der Waals surface area contributed by atoms with Gasteiger partial charge in [-0.05, 0) is 68.6 Å². The lowest BCUT2D eigenvalue weighted by atomic mass is 9.81. The van der Waals surface area contributed by atoms with Gasteiger partial charge < -0.3 is 4.90 Å². The molecular formula is C26H26ClN3O2S. The molecule has 0 saturated carbocycles. The van der Waals surface area contributed by atoms with Crippen LogP contribution in [0.3, 0.4) is 0 Å². The van der Waals surface area contributed by atoms with Crippen LogP contribution in [0.4, 0.5) is 0 Å². The minimum Gasteiger partial charge on any atom is -0.322 e. The van der Waals surface area contributed by atoms with E-state index >= 15 is 0 Å². The third-order valence-electron chi connectivity index (χ3n) is 6.11. The van der Waals surface area contributed by atoms with Crippen molar-refractivity contribution < 1.29 is 8.42 Å². The van der Waals surface area contributed by atoms with Crippen molar-refractivity contribution in [3.8, 4) is 6.07 Å². The van der Waals surface area contributed by atoms with E-state index in [1.807, 2.05) is 37.0 Å². The Hall–Kier alpha value is -3.01. The van der Waals surface area contributed by atoms with E-state index in [0.29, 0.717) is 35.1 Å². The molecule has 1 N–H and O–H groups in total. The summed E-state index contributed by atoms with van der Waals surface area (Å²) in [5.74, 6) is 0.459. The van der Waals surface area contributed by atoms with Gasteiger partial charge in [-0.15, -0.1) is 0 Å². The summed E-state index contributed by atoms with van der Waals surface area (Å²) in [7, 11) is -3.74. The summed E-state index contributed by atoms with van der Waals surface area (Å²) < 4.78 is 29.0. The molecule has 5 nitrogen and oxygen atoms in total. The molecule has 0 spiro atoms. The minimum atomic E-state index is -3.74. The molecule has 2 heterocycles. The second kappa shape index (κ2) is 9.09. The Morgan fingerprint density at radius 2 is 1.91 bits per heavy atom. The number of nitriles is 1. The lowest BCUT2D eigenvalue weighted by molar-refractivity contribution is 0.451. The van der Waals surface area contributed by atoms with Crippen LogP contribution in [0.25, 0.3) is 0 Å². The minimum absolute atomic E-state index is 0.307. The van der Waals surface area contributed by atoms with E-state index in [1.54, 1.807) is 24.3 Å². The summed E-state index contributed by atoms with van der Waals surface area (Å²) in [6.07, 6.45) is 22.9. The summed E-state index contributed by atoms with van der Waals surface area (Å²) in [5.41, 5.74) is 3.26. The maximum atomic E-state index is 13.1. The molecule has 0 atom stereocenters. The Labute approximate surface area is 200 Å². The van der Waals surface area contributed by atoms with Crippen molar-refractivity contribution in [2.45, 2.75) is 33.1 Å². The van der Waals surface area contributed by atoms with Gasteiger partial charge in [0.2, 0.25) is 0 Å². The summed E-state index contributed by atoms with van der Waals surface area (Å²) >= 11 is 6.49. The van der Waals surface area contributed by atoms with E-state index < -0.39 is 15.4 Å². The van der Waals surface area contributed by atoms with Gasteiger partial charge in [0.15, 0.2) is 0 Å². The molecule has 170 valence electrons. The van der Waals surface area contributed by atoms with Crippen molar-refractivity contribution >= 4 is 21.6 Å². The topological polar surface area (TPSA) is 73.2 Å². The van der Waals surface area contributed by atoms with Crippen LogP contribution in [0.15, 0.2) is 105 Å². The third-order valence-corrected chi connectivity index (χ3v) is 7.94. The monoisotopic (exact) mass is 479 g/mol. The zero-order valence-electron chi connectivity index (χ0n) is 18.7. The van der Waals surface area contributed by atoms with Gasteiger partial charge in [-0.1, -0.05) is 59.7 Å². The molecule has 7 heteroatoms. The number of nitrogens with zero attached hydrogens (tertiary/aromatic N) is 2. The maximum absolute atomic E-state index is 13.1. The molecule has 0 unspecified atom stereocenters. The first kappa shape index (κ1) is 23.2. The second-order valence-electron chi connectivity index (χ2n) is 8.72. The smallest absolute Gasteiger partial charge is 0.259 e. The van der Waals surface area contributed by atoms with Gasteiger partial charge in [0, 0.05) is 6.54 Å². The SMILES string of the molecule is CC(C)(C#N)C1=CC=C(S(=O)(=O)NC2=CC=C(Cl)C3=CC(C4=CCC=CC=C4)=CCN23)CC1. The first-order valence-electron chi connectivity index (χ1n) is 10.9. The quantitative estimate of drug-likeness (QED) is 0.556. The Morgan fingerprint density at radius 1 is 1.09 bits per heavy atom. The molecule has 0 fully saturated rings. The lowest BCUT2D eigenvalue weighted by Crippen LogP contribution is -2.38. The Bertz CT molecular complexity index is 1290. The van der Waals surface area contributed by atoms with E-state index in [0.717, 1.165) is 28.8 Å². The number of sulfonamides is 1. The van der Waals surface area contributed by atoms with Crippen LogP contribution in [0, 0.1) is 16.7 Å². The predicted molar refractivity (Wildman–Crippen MR) is 133 cm³/mol. The second-order valence-corrected chi connectivity index (χ2v) is 10.9. The predicted octanol–water partition coefficient (Wildman–Crippen LogP) is 5.61. The number of hydrogen-bond donors (Lipinski definition) is 1. The number of halogens is 1. The first-order valence-corrected chi connectivity index (χ1v) is 12.7. The van der Waals surface area contributed by atoms with Crippen LogP contribution in [-0.2, 0) is 10.0 Å². The van der Waals surface area contributed by atoms with Crippen LogP contribution in [-0.4, -0.2) is 19.9 Å². The van der Waals surface area contributed by atoms with Crippen LogP contribution >= 0.6 is 11.6 Å². The van der Waals surface area contributed by atoms with Crippen molar-refractivity contribution in [3.63, 3.8) is 0 Å². The van der Waals surface area contributed by atoms with Crippen molar-refractivity contribution in [2.24, 2.45) is 5.41 Å². The standard InChI is InChI=1S/C26H26ClN3O2S/c1-26(2,18-28)21-9-11-22(12-10-21)33(31,32)29-25-14-13-23(27)24-17-20(15-16-30(24)25)19-7-5-3-4-6-8-19/h3-5,7-9,11,13-15,17,29H,6,10,12,16H2,1-2H3. The number of hydrogen-bond acceptors (Lipinski definition) is 4. The normalized spacial score (nSPS) is 20.7. The van der Waals surface area contributed by atoms with Gasteiger partial charge in [-0.2, -0.15) is 5.26 Å². The molecule has 0 radical (unpaired) electrons. The highest BCUT2D eigenvalue weighted by Gasteiger charge is 2.30. The molecule has 2 aliphatic heterocycles. The van der Waals surface area contributed by atoms with Crippen molar-refractivity contribution in [1.29, 1.82) is 5.26 Å². The Balaban J connectivity index is 1.55. The first-order chi connectivity index (χ1) is 15.7. The van der Waals surface area contributed by atoms with Crippen molar-refractivity contribution in [3.05, 3.63) is 105 Å².